The van der Waals surface area contributed by atoms with E-state index in [0.717, 1.165) is 34.2 Å². The van der Waals surface area contributed by atoms with Crippen LogP contribution in [0.5, 0.6) is 5.75 Å². The van der Waals surface area contributed by atoms with Crippen LogP contribution in [0, 0.1) is 5.82 Å². The van der Waals surface area contributed by atoms with Gasteiger partial charge in [-0.05, 0) is 67.8 Å². The lowest BCUT2D eigenvalue weighted by atomic mass is 10.0. The van der Waals surface area contributed by atoms with Crippen molar-refractivity contribution in [2.24, 2.45) is 0 Å². The number of halogens is 1. The second-order valence-corrected chi connectivity index (χ2v) is 6.49. The molecule has 1 heterocycles. The van der Waals surface area contributed by atoms with E-state index >= 15 is 0 Å². The van der Waals surface area contributed by atoms with Gasteiger partial charge in [-0.25, -0.2) is 4.39 Å². The van der Waals surface area contributed by atoms with E-state index < -0.39 is 0 Å². The molecule has 4 nitrogen and oxygen atoms in total. The van der Waals surface area contributed by atoms with Crippen LogP contribution in [0.4, 0.5) is 4.39 Å². The summed E-state index contributed by atoms with van der Waals surface area (Å²) in [6.07, 6.45) is 0.856. The summed E-state index contributed by atoms with van der Waals surface area (Å²) in [5, 5.41) is 3.48. The van der Waals surface area contributed by atoms with Crippen molar-refractivity contribution in [3.05, 3.63) is 53.3 Å². The van der Waals surface area contributed by atoms with E-state index in [0.29, 0.717) is 11.3 Å². The number of aromatic amines is 1. The third-order valence-corrected chi connectivity index (χ3v) is 4.31. The Kier molecular flexibility index (Phi) is 4.98. The zero-order chi connectivity index (χ0) is 18.8. The lowest BCUT2D eigenvalue weighted by Gasteiger charge is -2.14. The number of H-pyrrole nitrogens is 1. The van der Waals surface area contributed by atoms with E-state index in [-0.39, 0.29) is 17.8 Å². The lowest BCUT2D eigenvalue weighted by molar-refractivity contribution is 0.0965. The second kappa shape index (κ2) is 7.20. The van der Waals surface area contributed by atoms with Crippen LogP contribution in [0.3, 0.4) is 0 Å². The monoisotopic (exact) mass is 354 g/mol. The van der Waals surface area contributed by atoms with Crippen LogP contribution >= 0.6 is 0 Å². The van der Waals surface area contributed by atoms with Gasteiger partial charge >= 0.3 is 0 Å². The zero-order valence-electron chi connectivity index (χ0n) is 15.4. The molecule has 26 heavy (non-hydrogen) atoms. The first kappa shape index (κ1) is 18.0. The Morgan fingerprint density at radius 2 is 1.92 bits per heavy atom. The van der Waals surface area contributed by atoms with Gasteiger partial charge in [0.15, 0.2) is 0 Å². The molecular weight excluding hydrogens is 331 g/mol. The molecule has 3 aromatic rings. The van der Waals surface area contributed by atoms with Gasteiger partial charge in [0.1, 0.15) is 11.6 Å². The van der Waals surface area contributed by atoms with E-state index in [1.165, 1.54) is 12.1 Å². The standard InChI is InChI=1S/C21H23FN2O2/c1-5-13-10-17-16(11-18(13)26-12(2)3)19(21(25)23-4)20(24-17)14-6-8-15(22)9-7-14/h6-12,24H,5H2,1-4H3,(H,23,25). The predicted octanol–water partition coefficient (Wildman–Crippen LogP) is 4.68. The van der Waals surface area contributed by atoms with Gasteiger partial charge in [-0.3, -0.25) is 4.79 Å². The third-order valence-electron chi connectivity index (χ3n) is 4.31. The van der Waals surface area contributed by atoms with Crippen molar-refractivity contribution in [3.8, 4) is 17.0 Å². The van der Waals surface area contributed by atoms with Gasteiger partial charge < -0.3 is 15.0 Å². The van der Waals surface area contributed by atoms with Gasteiger partial charge in [-0.15, -0.1) is 0 Å². The maximum absolute atomic E-state index is 13.3. The summed E-state index contributed by atoms with van der Waals surface area (Å²) in [5.74, 6) is 0.271. The smallest absolute Gasteiger partial charge is 0.253 e. The predicted molar refractivity (Wildman–Crippen MR) is 102 cm³/mol. The molecule has 0 saturated carbocycles. The molecule has 0 atom stereocenters. The number of rotatable bonds is 5. The van der Waals surface area contributed by atoms with Crippen LogP contribution in [0.25, 0.3) is 22.2 Å². The van der Waals surface area contributed by atoms with Crippen molar-refractivity contribution < 1.29 is 13.9 Å². The van der Waals surface area contributed by atoms with Crippen LogP contribution in [-0.4, -0.2) is 24.0 Å². The van der Waals surface area contributed by atoms with Crippen LogP contribution < -0.4 is 10.1 Å². The second-order valence-electron chi connectivity index (χ2n) is 6.49. The number of amides is 1. The molecule has 1 aromatic heterocycles. The highest BCUT2D eigenvalue weighted by atomic mass is 19.1. The summed E-state index contributed by atoms with van der Waals surface area (Å²) in [7, 11) is 1.60. The topological polar surface area (TPSA) is 54.1 Å². The molecule has 0 radical (unpaired) electrons. The van der Waals surface area contributed by atoms with Gasteiger partial charge in [0.25, 0.3) is 5.91 Å². The van der Waals surface area contributed by atoms with Crippen LogP contribution in [0.15, 0.2) is 36.4 Å². The zero-order valence-corrected chi connectivity index (χ0v) is 15.4. The van der Waals surface area contributed by atoms with E-state index in [1.54, 1.807) is 19.2 Å². The van der Waals surface area contributed by atoms with Crippen molar-refractivity contribution in [2.75, 3.05) is 7.05 Å². The van der Waals surface area contributed by atoms with E-state index in [9.17, 15) is 9.18 Å². The number of aromatic nitrogens is 1. The molecular formula is C21H23FN2O2. The maximum Gasteiger partial charge on any atom is 0.253 e. The molecule has 0 aliphatic carbocycles. The first-order valence-corrected chi connectivity index (χ1v) is 8.77. The normalized spacial score (nSPS) is 11.2. The molecule has 2 N–H and O–H groups in total. The number of ether oxygens (including phenoxy) is 1. The summed E-state index contributed by atoms with van der Waals surface area (Å²) in [4.78, 5) is 15.9. The average molecular weight is 354 g/mol. The molecule has 0 saturated heterocycles. The van der Waals surface area contributed by atoms with Crippen molar-refractivity contribution in [2.45, 2.75) is 33.3 Å². The summed E-state index contributed by atoms with van der Waals surface area (Å²) >= 11 is 0. The largest absolute Gasteiger partial charge is 0.491 e. The van der Waals surface area contributed by atoms with Crippen LogP contribution in [0.2, 0.25) is 0 Å². The average Bonchev–Trinajstić information content (AvgIpc) is 2.98. The Morgan fingerprint density at radius 3 is 2.50 bits per heavy atom. The number of carbonyl (C=O) groups is 1. The Bertz CT molecular complexity index is 943. The molecule has 0 aliphatic heterocycles. The first-order chi connectivity index (χ1) is 12.4. The molecule has 0 aliphatic rings. The van der Waals surface area contributed by atoms with Crippen molar-refractivity contribution in [1.82, 2.24) is 10.3 Å². The molecule has 3 rings (SSSR count). The van der Waals surface area contributed by atoms with Gasteiger partial charge in [0.2, 0.25) is 0 Å². The number of fused-ring (bicyclic) bond motifs is 1. The number of carbonyl (C=O) groups excluding carboxylic acids is 1. The van der Waals surface area contributed by atoms with E-state index in [4.69, 9.17) is 4.74 Å². The number of hydrogen-bond donors (Lipinski definition) is 2. The maximum atomic E-state index is 13.3. The summed E-state index contributed by atoms with van der Waals surface area (Å²) in [6, 6.07) is 10.0. The highest BCUT2D eigenvalue weighted by molar-refractivity contribution is 6.12. The molecule has 0 bridgehead atoms. The minimum atomic E-state index is -0.313. The Balaban J connectivity index is 2.28. The fourth-order valence-electron chi connectivity index (χ4n) is 3.10. The van der Waals surface area contributed by atoms with Crippen LogP contribution in [0.1, 0.15) is 36.7 Å². The Labute approximate surface area is 152 Å². The fraction of sp³-hybridized carbons (Fsp3) is 0.286. The number of hydrogen-bond acceptors (Lipinski definition) is 2. The van der Waals surface area contributed by atoms with Crippen molar-refractivity contribution in [1.29, 1.82) is 0 Å². The van der Waals surface area contributed by atoms with Gasteiger partial charge in [0, 0.05) is 18.0 Å². The first-order valence-electron chi connectivity index (χ1n) is 8.77. The number of benzene rings is 2. The van der Waals surface area contributed by atoms with Crippen LogP contribution in [-0.2, 0) is 6.42 Å². The highest BCUT2D eigenvalue weighted by Crippen LogP contribution is 2.35. The molecule has 0 spiro atoms. The quantitative estimate of drug-likeness (QED) is 0.699. The van der Waals surface area contributed by atoms with E-state index in [1.807, 2.05) is 26.0 Å². The summed E-state index contributed by atoms with van der Waals surface area (Å²) in [5.41, 5.74) is 3.89. The van der Waals surface area contributed by atoms with Gasteiger partial charge in [-0.2, -0.15) is 0 Å². The molecule has 0 unspecified atom stereocenters. The minimum absolute atomic E-state index is 0.0386. The SMILES string of the molecule is CCc1cc2[nH]c(-c3ccc(F)cc3)c(C(=O)NC)c2cc1OC(C)C. The minimum Gasteiger partial charge on any atom is -0.491 e. The Hall–Kier alpha value is -2.82. The molecule has 1 amide bonds. The highest BCUT2D eigenvalue weighted by Gasteiger charge is 2.21. The lowest BCUT2D eigenvalue weighted by Crippen LogP contribution is -2.18. The number of nitrogens with one attached hydrogen (secondary N) is 2. The molecule has 0 fully saturated rings. The molecule has 136 valence electrons. The summed E-state index contributed by atoms with van der Waals surface area (Å²) < 4.78 is 19.2. The van der Waals surface area contributed by atoms with Crippen molar-refractivity contribution >= 4 is 16.8 Å². The van der Waals surface area contributed by atoms with Gasteiger partial charge in [0.05, 0.1) is 17.4 Å². The molecule has 2 aromatic carbocycles. The van der Waals surface area contributed by atoms with E-state index in [2.05, 4.69) is 17.2 Å². The van der Waals surface area contributed by atoms with Gasteiger partial charge in [-0.1, -0.05) is 6.92 Å². The third kappa shape index (κ3) is 3.29. The number of aryl methyl sites for hydroxylation is 1. The fourth-order valence-corrected chi connectivity index (χ4v) is 3.10. The molecule has 5 heteroatoms. The Morgan fingerprint density at radius 1 is 1.23 bits per heavy atom. The summed E-state index contributed by atoms with van der Waals surface area (Å²) in [6.45, 7) is 6.02. The van der Waals surface area contributed by atoms with Crippen molar-refractivity contribution in [3.63, 3.8) is 0 Å².